The van der Waals surface area contributed by atoms with Crippen LogP contribution in [0.25, 0.3) is 11.3 Å². The number of amides is 2. The second-order valence-electron chi connectivity index (χ2n) is 7.34. The Balaban J connectivity index is 1.36. The smallest absolute Gasteiger partial charge is 0.271 e. The van der Waals surface area contributed by atoms with Crippen molar-refractivity contribution < 1.29 is 14.0 Å². The number of aromatic nitrogens is 3. The third-order valence-electron chi connectivity index (χ3n) is 5.22. The number of halogens is 1. The molecule has 1 atom stereocenters. The summed E-state index contributed by atoms with van der Waals surface area (Å²) in [6, 6.07) is 11.4. The fourth-order valence-corrected chi connectivity index (χ4v) is 3.58. The average molecular weight is 407 g/mol. The van der Waals surface area contributed by atoms with Crippen molar-refractivity contribution in [1.82, 2.24) is 25.4 Å². The number of nitrogens with zero attached hydrogens (tertiary/aromatic N) is 3. The molecule has 7 nitrogen and oxygen atoms in total. The van der Waals surface area contributed by atoms with Crippen molar-refractivity contribution in [2.75, 3.05) is 13.1 Å². The van der Waals surface area contributed by atoms with Gasteiger partial charge in [-0.25, -0.2) is 4.39 Å². The SMILES string of the molecule is O=C(NCc1ccc(F)cc1)C1CCCN(C(=O)c2cc(-c3cccnc3)n[nH]2)C1. The Morgan fingerprint density at radius 3 is 2.83 bits per heavy atom. The summed E-state index contributed by atoms with van der Waals surface area (Å²) in [5.74, 6) is -0.855. The molecule has 154 valence electrons. The van der Waals surface area contributed by atoms with Crippen LogP contribution in [0.15, 0.2) is 54.9 Å². The van der Waals surface area contributed by atoms with Crippen molar-refractivity contribution >= 4 is 11.8 Å². The van der Waals surface area contributed by atoms with E-state index in [0.717, 1.165) is 24.0 Å². The Morgan fingerprint density at radius 2 is 2.07 bits per heavy atom. The molecule has 0 radical (unpaired) electrons. The number of likely N-dealkylation sites (tertiary alicyclic amines) is 1. The molecular formula is C22H22FN5O2. The molecule has 0 spiro atoms. The lowest BCUT2D eigenvalue weighted by molar-refractivity contribution is -0.126. The van der Waals surface area contributed by atoms with E-state index in [4.69, 9.17) is 0 Å². The van der Waals surface area contributed by atoms with E-state index in [0.29, 0.717) is 31.0 Å². The fourth-order valence-electron chi connectivity index (χ4n) is 3.58. The summed E-state index contributed by atoms with van der Waals surface area (Å²) in [5, 5.41) is 9.89. The summed E-state index contributed by atoms with van der Waals surface area (Å²) in [5.41, 5.74) is 2.69. The zero-order chi connectivity index (χ0) is 20.9. The number of hydrogen-bond acceptors (Lipinski definition) is 4. The van der Waals surface area contributed by atoms with Gasteiger partial charge in [0.25, 0.3) is 5.91 Å². The van der Waals surface area contributed by atoms with Crippen LogP contribution in [-0.4, -0.2) is 45.0 Å². The molecular weight excluding hydrogens is 385 g/mol. The molecule has 1 aromatic carbocycles. The van der Waals surface area contributed by atoms with Crippen LogP contribution in [0, 0.1) is 11.7 Å². The van der Waals surface area contributed by atoms with Gasteiger partial charge in [-0.05, 0) is 48.7 Å². The first-order chi connectivity index (χ1) is 14.6. The molecule has 3 heterocycles. The van der Waals surface area contributed by atoms with E-state index >= 15 is 0 Å². The van der Waals surface area contributed by atoms with Crippen LogP contribution in [0.5, 0.6) is 0 Å². The highest BCUT2D eigenvalue weighted by molar-refractivity contribution is 5.94. The number of H-pyrrole nitrogens is 1. The molecule has 1 aliphatic rings. The number of hydrogen-bond donors (Lipinski definition) is 2. The minimum absolute atomic E-state index is 0.0996. The van der Waals surface area contributed by atoms with Crippen molar-refractivity contribution in [3.05, 3.63) is 71.9 Å². The lowest BCUT2D eigenvalue weighted by Crippen LogP contribution is -2.45. The Bertz CT molecular complexity index is 1020. The van der Waals surface area contributed by atoms with E-state index in [-0.39, 0.29) is 23.5 Å². The summed E-state index contributed by atoms with van der Waals surface area (Å²) in [4.78, 5) is 31.2. The molecule has 1 unspecified atom stereocenters. The van der Waals surface area contributed by atoms with Gasteiger partial charge in [0.1, 0.15) is 11.5 Å². The first kappa shape index (κ1) is 19.8. The molecule has 4 rings (SSSR count). The molecule has 8 heteroatoms. The second-order valence-corrected chi connectivity index (χ2v) is 7.34. The van der Waals surface area contributed by atoms with Gasteiger partial charge in [0, 0.05) is 37.6 Å². The summed E-state index contributed by atoms with van der Waals surface area (Å²) >= 11 is 0. The number of aromatic amines is 1. The number of piperidine rings is 1. The minimum Gasteiger partial charge on any atom is -0.352 e. The molecule has 2 aromatic heterocycles. The van der Waals surface area contributed by atoms with Crippen molar-refractivity contribution in [3.8, 4) is 11.3 Å². The maximum Gasteiger partial charge on any atom is 0.271 e. The van der Waals surface area contributed by atoms with E-state index in [1.807, 2.05) is 12.1 Å². The third kappa shape index (κ3) is 4.53. The van der Waals surface area contributed by atoms with Crippen LogP contribution in [-0.2, 0) is 11.3 Å². The van der Waals surface area contributed by atoms with Gasteiger partial charge in [-0.1, -0.05) is 12.1 Å². The van der Waals surface area contributed by atoms with Crippen molar-refractivity contribution in [2.24, 2.45) is 5.92 Å². The molecule has 0 aliphatic carbocycles. The van der Waals surface area contributed by atoms with Crippen LogP contribution in [0.3, 0.4) is 0 Å². The molecule has 2 amide bonds. The normalized spacial score (nSPS) is 16.3. The monoisotopic (exact) mass is 407 g/mol. The molecule has 1 saturated heterocycles. The lowest BCUT2D eigenvalue weighted by atomic mass is 9.96. The molecule has 0 bridgehead atoms. The standard InChI is InChI=1S/C22H22FN5O2/c23-18-7-5-15(6-8-18)12-25-21(29)17-4-2-10-28(14-17)22(30)20-11-19(26-27-20)16-3-1-9-24-13-16/h1,3,5-9,11,13,17H,2,4,10,12,14H2,(H,25,29)(H,26,27). The quantitative estimate of drug-likeness (QED) is 0.680. The third-order valence-corrected chi connectivity index (χ3v) is 5.22. The van der Waals surface area contributed by atoms with Gasteiger partial charge in [0.05, 0.1) is 11.6 Å². The van der Waals surface area contributed by atoms with E-state index in [2.05, 4.69) is 20.5 Å². The number of benzene rings is 1. The van der Waals surface area contributed by atoms with Gasteiger partial charge in [0.15, 0.2) is 0 Å². The summed E-state index contributed by atoms with van der Waals surface area (Å²) < 4.78 is 13.0. The van der Waals surface area contributed by atoms with Gasteiger partial charge in [-0.15, -0.1) is 0 Å². The molecule has 1 fully saturated rings. The second kappa shape index (κ2) is 8.86. The summed E-state index contributed by atoms with van der Waals surface area (Å²) in [6.07, 6.45) is 4.84. The maximum atomic E-state index is 13.0. The Labute approximate surface area is 173 Å². The van der Waals surface area contributed by atoms with Gasteiger partial charge in [-0.2, -0.15) is 5.10 Å². The number of carbonyl (C=O) groups is 2. The first-order valence-electron chi connectivity index (χ1n) is 9.87. The first-order valence-corrected chi connectivity index (χ1v) is 9.87. The summed E-state index contributed by atoms with van der Waals surface area (Å²) in [7, 11) is 0. The van der Waals surface area contributed by atoms with E-state index in [1.165, 1.54) is 12.1 Å². The van der Waals surface area contributed by atoms with E-state index in [1.54, 1.807) is 35.5 Å². The highest BCUT2D eigenvalue weighted by atomic mass is 19.1. The number of carbonyl (C=O) groups excluding carboxylic acids is 2. The van der Waals surface area contributed by atoms with Crippen LogP contribution >= 0.6 is 0 Å². The molecule has 30 heavy (non-hydrogen) atoms. The molecule has 0 saturated carbocycles. The van der Waals surface area contributed by atoms with Crippen molar-refractivity contribution in [1.29, 1.82) is 0 Å². The average Bonchev–Trinajstić information content (AvgIpc) is 3.29. The zero-order valence-corrected chi connectivity index (χ0v) is 16.3. The van der Waals surface area contributed by atoms with Gasteiger partial charge in [0.2, 0.25) is 5.91 Å². The zero-order valence-electron chi connectivity index (χ0n) is 16.3. The van der Waals surface area contributed by atoms with E-state index in [9.17, 15) is 14.0 Å². The molecule has 1 aliphatic heterocycles. The molecule has 2 N–H and O–H groups in total. The highest BCUT2D eigenvalue weighted by Gasteiger charge is 2.29. The largest absolute Gasteiger partial charge is 0.352 e. The number of pyridine rings is 1. The van der Waals surface area contributed by atoms with Crippen LogP contribution in [0.4, 0.5) is 4.39 Å². The molecule has 3 aromatic rings. The summed E-state index contributed by atoms with van der Waals surface area (Å²) in [6.45, 7) is 1.29. The lowest BCUT2D eigenvalue weighted by Gasteiger charge is -2.31. The topological polar surface area (TPSA) is 91.0 Å². The number of nitrogens with one attached hydrogen (secondary N) is 2. The Kier molecular flexibility index (Phi) is 5.83. The van der Waals surface area contributed by atoms with E-state index < -0.39 is 0 Å². The van der Waals surface area contributed by atoms with Gasteiger partial charge >= 0.3 is 0 Å². The van der Waals surface area contributed by atoms with Crippen molar-refractivity contribution in [3.63, 3.8) is 0 Å². The number of rotatable bonds is 5. The van der Waals surface area contributed by atoms with Crippen molar-refractivity contribution in [2.45, 2.75) is 19.4 Å². The minimum atomic E-state index is -0.308. The Hall–Kier alpha value is -3.55. The predicted molar refractivity (Wildman–Crippen MR) is 109 cm³/mol. The Morgan fingerprint density at radius 1 is 1.23 bits per heavy atom. The van der Waals surface area contributed by atoms with Gasteiger partial charge < -0.3 is 10.2 Å². The highest BCUT2D eigenvalue weighted by Crippen LogP contribution is 2.21. The van der Waals surface area contributed by atoms with Crippen LogP contribution < -0.4 is 5.32 Å². The maximum absolute atomic E-state index is 13.0. The van der Waals surface area contributed by atoms with Crippen LogP contribution in [0.1, 0.15) is 28.9 Å². The predicted octanol–water partition coefficient (Wildman–Crippen LogP) is 2.78. The fraction of sp³-hybridized carbons (Fsp3) is 0.273. The van der Waals surface area contributed by atoms with Gasteiger partial charge in [-0.3, -0.25) is 19.7 Å². The van der Waals surface area contributed by atoms with Crippen LogP contribution in [0.2, 0.25) is 0 Å².